The lowest BCUT2D eigenvalue weighted by molar-refractivity contribution is -0.200. The third kappa shape index (κ3) is 3.83. The number of H-pyrrole nitrogens is 1. The number of anilines is 1. The van der Waals surface area contributed by atoms with Crippen molar-refractivity contribution in [3.05, 3.63) is 39.9 Å². The van der Waals surface area contributed by atoms with Crippen LogP contribution >= 0.6 is 11.6 Å². The van der Waals surface area contributed by atoms with Gasteiger partial charge in [0.05, 0.1) is 0 Å². The molecule has 1 aliphatic heterocycles. The fourth-order valence-electron chi connectivity index (χ4n) is 3.35. The van der Waals surface area contributed by atoms with E-state index >= 15 is 0 Å². The minimum atomic E-state index is -5.32. The smallest absolute Gasteiger partial charge is 0.350 e. The van der Waals surface area contributed by atoms with Crippen molar-refractivity contribution in [2.24, 2.45) is 0 Å². The highest BCUT2D eigenvalue weighted by atomic mass is 35.5. The Morgan fingerprint density at radius 3 is 2.87 bits per heavy atom. The largest absolute Gasteiger partial charge is 0.493 e. The Morgan fingerprint density at radius 2 is 2.16 bits per heavy atom. The number of halogens is 4. The fraction of sp³-hybridized carbons (Fsp3) is 0.333. The molecule has 1 saturated heterocycles. The van der Waals surface area contributed by atoms with Crippen LogP contribution in [-0.4, -0.2) is 57.5 Å². The number of hydrogen-bond acceptors (Lipinski definition) is 7. The summed E-state index contributed by atoms with van der Waals surface area (Å²) in [5.74, 6) is -2.80. The molecule has 31 heavy (non-hydrogen) atoms. The summed E-state index contributed by atoms with van der Waals surface area (Å²) in [6.45, 7) is 3.54. The Balaban J connectivity index is 1.95. The molecule has 0 aliphatic carbocycles. The number of hydrogen-bond donors (Lipinski definition) is 2. The average Bonchev–Trinajstić information content (AvgIpc) is 3.15. The molecule has 0 amide bonds. The second-order valence-electron chi connectivity index (χ2n) is 6.90. The number of rotatable bonds is 3. The van der Waals surface area contributed by atoms with Gasteiger partial charge in [0.25, 0.3) is 0 Å². The molecule has 0 aromatic carbocycles. The minimum absolute atomic E-state index is 0.0909. The van der Waals surface area contributed by atoms with Gasteiger partial charge in [0, 0.05) is 49.0 Å². The number of alkyl halides is 3. The lowest BCUT2D eigenvalue weighted by Crippen LogP contribution is -2.51. The number of aromatic amines is 1. The van der Waals surface area contributed by atoms with Crippen molar-refractivity contribution >= 4 is 34.4 Å². The predicted octanol–water partition coefficient (Wildman–Crippen LogP) is 1.76. The van der Waals surface area contributed by atoms with E-state index in [1.807, 2.05) is 6.92 Å². The molecule has 9 nitrogen and oxygen atoms in total. The number of nitrogens with one attached hydrogen (secondary N) is 2. The molecule has 4 rings (SSSR count). The quantitative estimate of drug-likeness (QED) is 0.618. The number of piperazine rings is 1. The summed E-state index contributed by atoms with van der Waals surface area (Å²) in [5, 5.41) is 3.20. The third-order valence-corrected chi connectivity index (χ3v) is 5.17. The van der Waals surface area contributed by atoms with Gasteiger partial charge in [-0.2, -0.15) is 13.2 Å². The summed E-state index contributed by atoms with van der Waals surface area (Å²) >= 11 is 6.20. The van der Waals surface area contributed by atoms with Crippen molar-refractivity contribution in [3.63, 3.8) is 0 Å². The van der Waals surface area contributed by atoms with Crippen LogP contribution < -0.4 is 20.6 Å². The molecule has 0 radical (unpaired) electrons. The first-order valence-corrected chi connectivity index (χ1v) is 9.58. The van der Waals surface area contributed by atoms with Crippen molar-refractivity contribution in [1.82, 2.24) is 25.0 Å². The van der Waals surface area contributed by atoms with Crippen LogP contribution in [0, 0.1) is 0 Å². The van der Waals surface area contributed by atoms with E-state index in [0.717, 1.165) is 0 Å². The van der Waals surface area contributed by atoms with Crippen molar-refractivity contribution in [3.8, 4) is 11.4 Å². The Labute approximate surface area is 177 Å². The van der Waals surface area contributed by atoms with Crippen LogP contribution in [0.25, 0.3) is 22.4 Å². The van der Waals surface area contributed by atoms with Gasteiger partial charge in [-0.15, -0.1) is 4.73 Å². The zero-order valence-corrected chi connectivity index (χ0v) is 16.8. The second kappa shape index (κ2) is 7.85. The topological polar surface area (TPSA) is 105 Å². The molecule has 0 saturated carbocycles. The van der Waals surface area contributed by atoms with Crippen molar-refractivity contribution in [1.29, 1.82) is 0 Å². The van der Waals surface area contributed by atoms with Gasteiger partial charge in [0.1, 0.15) is 5.65 Å². The molecule has 1 fully saturated rings. The van der Waals surface area contributed by atoms with Gasteiger partial charge >= 0.3 is 17.7 Å². The molecule has 0 unspecified atom stereocenters. The van der Waals surface area contributed by atoms with E-state index in [0.29, 0.717) is 30.7 Å². The summed E-state index contributed by atoms with van der Waals surface area (Å²) in [6, 6.07) is 3.15. The first kappa shape index (κ1) is 21.1. The van der Waals surface area contributed by atoms with Crippen LogP contribution in [0.3, 0.4) is 0 Å². The molecule has 0 spiro atoms. The highest BCUT2D eigenvalue weighted by Crippen LogP contribution is 2.30. The SMILES string of the molecule is C[C@@H]1CNCCN1c1nc(-c2c[nH]c3ncccc23)n(OC(=O)C(F)(F)F)c(=O)c1Cl. The Hall–Kier alpha value is -3.12. The van der Waals surface area contributed by atoms with Crippen molar-refractivity contribution in [2.75, 3.05) is 24.5 Å². The van der Waals surface area contributed by atoms with E-state index in [2.05, 4.69) is 25.1 Å². The maximum Gasteiger partial charge on any atom is 0.493 e. The molecular formula is C18H16ClF3N6O3. The Bertz CT molecular complexity index is 1210. The van der Waals surface area contributed by atoms with E-state index < -0.39 is 22.7 Å². The predicted molar refractivity (Wildman–Crippen MR) is 106 cm³/mol. The molecule has 2 N–H and O–H groups in total. The monoisotopic (exact) mass is 456 g/mol. The van der Waals surface area contributed by atoms with Gasteiger partial charge < -0.3 is 20.0 Å². The number of nitrogens with zero attached hydrogens (tertiary/aromatic N) is 4. The number of pyridine rings is 1. The first-order chi connectivity index (χ1) is 14.7. The summed E-state index contributed by atoms with van der Waals surface area (Å²) in [5.41, 5.74) is -0.508. The Kier molecular flexibility index (Phi) is 5.35. The van der Waals surface area contributed by atoms with Crippen LogP contribution in [0.2, 0.25) is 5.02 Å². The third-order valence-electron chi connectivity index (χ3n) is 4.84. The molecular weight excluding hydrogens is 441 g/mol. The highest BCUT2D eigenvalue weighted by Gasteiger charge is 2.43. The highest BCUT2D eigenvalue weighted by molar-refractivity contribution is 6.32. The van der Waals surface area contributed by atoms with Crippen LogP contribution in [0.5, 0.6) is 0 Å². The van der Waals surface area contributed by atoms with Gasteiger partial charge in [-0.3, -0.25) is 4.79 Å². The number of fused-ring (bicyclic) bond motifs is 1. The van der Waals surface area contributed by atoms with Crippen LogP contribution in [-0.2, 0) is 4.79 Å². The standard InChI is InChI=1S/C18H16ClF3N6O3/c1-9-7-23-5-6-27(9)15-12(19)16(29)28(31-17(30)18(20,21)22)14(26-15)11-8-25-13-10(11)3-2-4-24-13/h2-4,8-9,23H,5-7H2,1H3,(H,24,25)/t9-/m1/s1. The summed E-state index contributed by atoms with van der Waals surface area (Å²) in [4.78, 5) is 41.9. The van der Waals surface area contributed by atoms with Gasteiger partial charge in [-0.1, -0.05) is 11.6 Å². The molecule has 4 heterocycles. The summed E-state index contributed by atoms with van der Waals surface area (Å²) < 4.78 is 38.7. The van der Waals surface area contributed by atoms with Gasteiger partial charge in [-0.25, -0.2) is 14.8 Å². The molecule has 0 bridgehead atoms. The van der Waals surface area contributed by atoms with Gasteiger partial charge in [0.15, 0.2) is 16.7 Å². The molecule has 1 aliphatic rings. The second-order valence-corrected chi connectivity index (χ2v) is 7.28. The maximum absolute atomic E-state index is 12.9. The molecule has 3 aromatic rings. The molecule has 13 heteroatoms. The van der Waals surface area contributed by atoms with Crippen LogP contribution in [0.15, 0.2) is 29.3 Å². The first-order valence-electron chi connectivity index (χ1n) is 9.20. The van der Waals surface area contributed by atoms with Crippen molar-refractivity contribution in [2.45, 2.75) is 19.1 Å². The van der Waals surface area contributed by atoms with E-state index in [-0.39, 0.29) is 28.0 Å². The number of carbonyl (C=O) groups is 1. The van der Waals surface area contributed by atoms with E-state index in [4.69, 9.17) is 11.6 Å². The lowest BCUT2D eigenvalue weighted by atomic mass is 10.2. The van der Waals surface area contributed by atoms with E-state index in [1.165, 1.54) is 12.4 Å². The van der Waals surface area contributed by atoms with Gasteiger partial charge in [0.2, 0.25) is 0 Å². The summed E-state index contributed by atoms with van der Waals surface area (Å²) in [6.07, 6.45) is -2.39. The van der Waals surface area contributed by atoms with Crippen LogP contribution in [0.1, 0.15) is 6.92 Å². The zero-order chi connectivity index (χ0) is 22.3. The minimum Gasteiger partial charge on any atom is -0.350 e. The van der Waals surface area contributed by atoms with Crippen LogP contribution in [0.4, 0.5) is 19.0 Å². The Morgan fingerprint density at radius 1 is 1.39 bits per heavy atom. The van der Waals surface area contributed by atoms with E-state index in [9.17, 15) is 22.8 Å². The zero-order valence-electron chi connectivity index (χ0n) is 16.0. The lowest BCUT2D eigenvalue weighted by Gasteiger charge is -2.35. The number of carbonyl (C=O) groups excluding carboxylic acids is 1. The van der Waals surface area contributed by atoms with Gasteiger partial charge in [-0.05, 0) is 19.1 Å². The number of aromatic nitrogens is 4. The average molecular weight is 457 g/mol. The molecule has 3 aromatic heterocycles. The molecule has 1 atom stereocenters. The summed E-state index contributed by atoms with van der Waals surface area (Å²) in [7, 11) is 0. The molecule has 164 valence electrons. The van der Waals surface area contributed by atoms with Crippen molar-refractivity contribution < 1.29 is 22.8 Å². The maximum atomic E-state index is 12.9. The fourth-order valence-corrected chi connectivity index (χ4v) is 3.58. The normalized spacial score (nSPS) is 17.2. The van der Waals surface area contributed by atoms with E-state index in [1.54, 1.807) is 17.0 Å².